The number of carbonyl (C=O) groups is 3. The summed E-state index contributed by atoms with van der Waals surface area (Å²) in [5.41, 5.74) is -0.665. The highest BCUT2D eigenvalue weighted by atomic mass is 32.2. The molecule has 126 valence electrons. The van der Waals surface area contributed by atoms with Gasteiger partial charge in [-0.05, 0) is 26.7 Å². The van der Waals surface area contributed by atoms with Gasteiger partial charge < -0.3 is 20.1 Å². The Morgan fingerprint density at radius 2 is 1.91 bits per heavy atom. The number of ether oxygens (including phenoxy) is 1. The Hall–Kier alpha value is -1.44. The second kappa shape index (κ2) is 7.21. The summed E-state index contributed by atoms with van der Waals surface area (Å²) in [5, 5.41) is 11.7. The lowest BCUT2D eigenvalue weighted by Crippen LogP contribution is -2.54. The van der Waals surface area contributed by atoms with Crippen molar-refractivity contribution in [2.75, 3.05) is 11.6 Å². The average molecular weight is 332 g/mol. The smallest absolute Gasteiger partial charge is 0.408 e. The second-order valence-corrected chi connectivity index (χ2v) is 7.53. The van der Waals surface area contributed by atoms with E-state index in [0.29, 0.717) is 11.6 Å². The summed E-state index contributed by atoms with van der Waals surface area (Å²) in [4.78, 5) is 37.0. The van der Waals surface area contributed by atoms with Gasteiger partial charge in [-0.1, -0.05) is 13.8 Å². The number of carboxylic acids is 1. The topological polar surface area (TPSA) is 95.9 Å². The summed E-state index contributed by atoms with van der Waals surface area (Å²) >= 11 is 1.39. The minimum atomic E-state index is -1.03. The van der Waals surface area contributed by atoms with E-state index >= 15 is 0 Å². The van der Waals surface area contributed by atoms with Gasteiger partial charge in [0.1, 0.15) is 17.7 Å². The van der Waals surface area contributed by atoms with Crippen molar-refractivity contribution in [3.63, 3.8) is 0 Å². The normalized spacial score (nSPS) is 19.9. The molecule has 2 amide bonds. The molecule has 0 bridgehead atoms. The van der Waals surface area contributed by atoms with Gasteiger partial charge in [0.25, 0.3) is 0 Å². The number of carboxylic acid groups (broad SMARTS) is 1. The number of hydrogen-bond acceptors (Lipinski definition) is 5. The van der Waals surface area contributed by atoms with E-state index in [9.17, 15) is 14.4 Å². The van der Waals surface area contributed by atoms with Crippen molar-refractivity contribution in [2.45, 2.75) is 52.3 Å². The van der Waals surface area contributed by atoms with Crippen molar-refractivity contribution in [3.8, 4) is 0 Å². The molecule has 1 aliphatic heterocycles. The van der Waals surface area contributed by atoms with E-state index in [4.69, 9.17) is 9.84 Å². The Balaban J connectivity index is 2.80. The number of aliphatic carboxylic acids is 1. The molecule has 0 aromatic heterocycles. The average Bonchev–Trinajstić information content (AvgIpc) is 2.81. The second-order valence-electron chi connectivity index (χ2n) is 6.53. The van der Waals surface area contributed by atoms with Crippen LogP contribution in [0.15, 0.2) is 0 Å². The van der Waals surface area contributed by atoms with E-state index in [0.717, 1.165) is 0 Å². The summed E-state index contributed by atoms with van der Waals surface area (Å²) in [5.74, 6) is -0.927. The number of alkyl carbamates (subject to hydrolysis) is 1. The van der Waals surface area contributed by atoms with Crippen molar-refractivity contribution in [1.29, 1.82) is 0 Å². The molecule has 1 fully saturated rings. The predicted octanol–water partition coefficient (Wildman–Crippen LogP) is 1.52. The van der Waals surface area contributed by atoms with E-state index < -0.39 is 35.7 Å². The lowest BCUT2D eigenvalue weighted by molar-refractivity contribution is -0.149. The summed E-state index contributed by atoms with van der Waals surface area (Å²) in [6, 6.07) is -1.66. The highest BCUT2D eigenvalue weighted by Gasteiger charge is 2.39. The third-order valence-electron chi connectivity index (χ3n) is 3.06. The van der Waals surface area contributed by atoms with Crippen LogP contribution in [0, 0.1) is 5.92 Å². The molecule has 0 radical (unpaired) electrons. The number of amides is 2. The Morgan fingerprint density at radius 1 is 1.32 bits per heavy atom. The number of rotatable bonds is 4. The molecule has 1 rings (SSSR count). The number of thioether (sulfide) groups is 1. The largest absolute Gasteiger partial charge is 0.480 e. The minimum Gasteiger partial charge on any atom is -0.480 e. The van der Waals surface area contributed by atoms with Gasteiger partial charge in [-0.15, -0.1) is 11.8 Å². The van der Waals surface area contributed by atoms with Crippen LogP contribution in [0.3, 0.4) is 0 Å². The molecule has 22 heavy (non-hydrogen) atoms. The van der Waals surface area contributed by atoms with Crippen molar-refractivity contribution in [1.82, 2.24) is 10.2 Å². The van der Waals surface area contributed by atoms with E-state index in [-0.39, 0.29) is 5.92 Å². The zero-order valence-electron chi connectivity index (χ0n) is 13.6. The van der Waals surface area contributed by atoms with Crippen LogP contribution in [0.25, 0.3) is 0 Å². The van der Waals surface area contributed by atoms with Crippen LogP contribution in [0.1, 0.15) is 34.6 Å². The number of hydrogen-bond donors (Lipinski definition) is 2. The van der Waals surface area contributed by atoms with Crippen LogP contribution >= 0.6 is 11.8 Å². The standard InChI is InChI=1S/C14H24N2O5S/c1-8(2)10(15-13(20)21-14(3,4)5)11(17)16-7-22-6-9(16)12(18)19/h8-10H,6-7H2,1-5H3,(H,15,20)(H,18,19)/t9-,10-/m0/s1. The van der Waals surface area contributed by atoms with Crippen LogP contribution < -0.4 is 5.32 Å². The fourth-order valence-electron chi connectivity index (χ4n) is 1.99. The molecule has 0 spiro atoms. The van der Waals surface area contributed by atoms with Crippen LogP contribution in [0.5, 0.6) is 0 Å². The fourth-order valence-corrected chi connectivity index (χ4v) is 3.15. The SMILES string of the molecule is CC(C)[C@H](NC(=O)OC(C)(C)C)C(=O)N1CSC[C@H]1C(=O)O. The van der Waals surface area contributed by atoms with Gasteiger partial charge in [0, 0.05) is 5.75 Å². The molecular formula is C14H24N2O5S. The number of nitrogens with one attached hydrogen (secondary N) is 1. The van der Waals surface area contributed by atoms with Gasteiger partial charge in [0.05, 0.1) is 5.88 Å². The molecule has 8 heteroatoms. The first-order valence-corrected chi connectivity index (χ1v) is 8.29. The van der Waals surface area contributed by atoms with Gasteiger partial charge in [0.15, 0.2) is 0 Å². The molecule has 0 aromatic rings. The number of carbonyl (C=O) groups excluding carboxylic acids is 2. The molecule has 0 unspecified atom stereocenters. The van der Waals surface area contributed by atoms with Crippen molar-refractivity contribution in [3.05, 3.63) is 0 Å². The first-order valence-electron chi connectivity index (χ1n) is 7.13. The maximum atomic E-state index is 12.6. The van der Waals surface area contributed by atoms with Gasteiger partial charge in [0.2, 0.25) is 5.91 Å². The predicted molar refractivity (Wildman–Crippen MR) is 83.6 cm³/mol. The van der Waals surface area contributed by atoms with Crippen LogP contribution in [-0.4, -0.2) is 57.3 Å². The first-order chi connectivity index (χ1) is 10.0. The highest BCUT2D eigenvalue weighted by molar-refractivity contribution is 7.99. The molecular weight excluding hydrogens is 308 g/mol. The zero-order valence-corrected chi connectivity index (χ0v) is 14.4. The lowest BCUT2D eigenvalue weighted by atomic mass is 10.0. The zero-order chi connectivity index (χ0) is 17.1. The lowest BCUT2D eigenvalue weighted by Gasteiger charge is -2.29. The van der Waals surface area contributed by atoms with E-state index in [2.05, 4.69) is 5.32 Å². The molecule has 0 aromatic carbocycles. The summed E-state index contributed by atoms with van der Waals surface area (Å²) < 4.78 is 5.16. The van der Waals surface area contributed by atoms with Crippen LogP contribution in [-0.2, 0) is 14.3 Å². The van der Waals surface area contributed by atoms with Crippen LogP contribution in [0.2, 0.25) is 0 Å². The Kier molecular flexibility index (Phi) is 6.10. The minimum absolute atomic E-state index is 0.180. The summed E-state index contributed by atoms with van der Waals surface area (Å²) in [6.45, 7) is 8.78. The molecule has 7 nitrogen and oxygen atoms in total. The molecule has 0 aliphatic carbocycles. The van der Waals surface area contributed by atoms with Crippen molar-refractivity contribution >= 4 is 29.7 Å². The first kappa shape index (κ1) is 18.6. The summed E-state index contributed by atoms with van der Waals surface area (Å²) in [6.07, 6.45) is -0.682. The van der Waals surface area contributed by atoms with Crippen LogP contribution in [0.4, 0.5) is 4.79 Å². The monoisotopic (exact) mass is 332 g/mol. The third-order valence-corrected chi connectivity index (χ3v) is 4.07. The van der Waals surface area contributed by atoms with Gasteiger partial charge >= 0.3 is 12.1 Å². The molecule has 2 N–H and O–H groups in total. The Labute approximate surface area is 134 Å². The van der Waals surface area contributed by atoms with Gasteiger partial charge in [-0.3, -0.25) is 4.79 Å². The van der Waals surface area contributed by atoms with Crippen molar-refractivity contribution < 1.29 is 24.2 Å². The Bertz CT molecular complexity index is 447. The molecule has 1 heterocycles. The third kappa shape index (κ3) is 5.08. The maximum Gasteiger partial charge on any atom is 0.408 e. The maximum absolute atomic E-state index is 12.6. The van der Waals surface area contributed by atoms with Gasteiger partial charge in [-0.2, -0.15) is 0 Å². The van der Waals surface area contributed by atoms with E-state index in [1.54, 1.807) is 34.6 Å². The molecule has 1 aliphatic rings. The van der Waals surface area contributed by atoms with Gasteiger partial charge in [-0.25, -0.2) is 9.59 Å². The molecule has 0 saturated carbocycles. The van der Waals surface area contributed by atoms with Crippen molar-refractivity contribution in [2.24, 2.45) is 5.92 Å². The fraction of sp³-hybridized carbons (Fsp3) is 0.786. The van der Waals surface area contributed by atoms with E-state index in [1.807, 2.05) is 0 Å². The number of nitrogens with zero attached hydrogens (tertiary/aromatic N) is 1. The quantitative estimate of drug-likeness (QED) is 0.810. The molecule has 1 saturated heterocycles. The Morgan fingerprint density at radius 3 is 2.36 bits per heavy atom. The summed E-state index contributed by atoms with van der Waals surface area (Å²) in [7, 11) is 0. The van der Waals surface area contributed by atoms with E-state index in [1.165, 1.54) is 16.7 Å². The molecule has 2 atom stereocenters. The highest BCUT2D eigenvalue weighted by Crippen LogP contribution is 2.23.